The molecule has 142 valence electrons. The molecule has 0 aliphatic rings. The van der Waals surface area contributed by atoms with Gasteiger partial charge in [0.1, 0.15) is 9.77 Å². The fraction of sp³-hybridized carbons (Fsp3) is 0.222. The average molecular weight is 406 g/mol. The molecular weight excluding hydrogens is 386 g/mol. The minimum absolute atomic E-state index is 0.0497. The van der Waals surface area contributed by atoms with Crippen molar-refractivity contribution in [2.24, 2.45) is 7.05 Å². The van der Waals surface area contributed by atoms with E-state index in [1.165, 1.54) is 13.2 Å². The summed E-state index contributed by atoms with van der Waals surface area (Å²) in [5.74, 6) is -0.656. The zero-order valence-corrected chi connectivity index (χ0v) is 16.5. The molecule has 2 heterocycles. The molecule has 9 heteroatoms. The van der Waals surface area contributed by atoms with Gasteiger partial charge in [0.2, 0.25) is 10.0 Å². The van der Waals surface area contributed by atoms with E-state index in [1.54, 1.807) is 16.3 Å². The van der Waals surface area contributed by atoms with Crippen LogP contribution in [0.5, 0.6) is 0 Å². The topological polar surface area (TPSA) is 90.3 Å². The van der Waals surface area contributed by atoms with E-state index in [2.05, 4.69) is 14.6 Å². The number of aromatic nitrogens is 2. The quantitative estimate of drug-likeness (QED) is 0.610. The predicted octanol–water partition coefficient (Wildman–Crippen LogP) is 2.46. The van der Waals surface area contributed by atoms with Crippen LogP contribution >= 0.6 is 11.3 Å². The van der Waals surface area contributed by atoms with E-state index in [1.807, 2.05) is 37.5 Å². The Balaban J connectivity index is 1.62. The Labute approximate surface area is 161 Å². The summed E-state index contributed by atoms with van der Waals surface area (Å²) in [6.07, 6.45) is 4.26. The lowest BCUT2D eigenvalue weighted by Crippen LogP contribution is -2.27. The summed E-state index contributed by atoms with van der Waals surface area (Å²) < 4.78 is 33.8. The molecule has 0 amide bonds. The second-order valence-corrected chi connectivity index (χ2v) is 8.50. The van der Waals surface area contributed by atoms with Gasteiger partial charge < -0.3 is 4.74 Å². The summed E-state index contributed by atoms with van der Waals surface area (Å²) in [5.41, 5.74) is 3.08. The molecule has 1 N–H and O–H groups in total. The Hall–Kier alpha value is -2.49. The summed E-state index contributed by atoms with van der Waals surface area (Å²) in [6.45, 7) is 0.227. The number of aryl methyl sites for hydroxylation is 1. The normalized spacial score (nSPS) is 11.5. The molecule has 1 aromatic carbocycles. The van der Waals surface area contributed by atoms with Crippen LogP contribution in [0.4, 0.5) is 0 Å². The maximum Gasteiger partial charge on any atom is 0.349 e. The molecule has 7 nitrogen and oxygen atoms in total. The van der Waals surface area contributed by atoms with Gasteiger partial charge in [-0.05, 0) is 29.0 Å². The molecule has 3 rings (SSSR count). The Bertz CT molecular complexity index is 1040. The second-order valence-electron chi connectivity index (χ2n) is 5.85. The van der Waals surface area contributed by atoms with Crippen molar-refractivity contribution in [1.82, 2.24) is 14.5 Å². The van der Waals surface area contributed by atoms with Crippen molar-refractivity contribution < 1.29 is 17.9 Å². The van der Waals surface area contributed by atoms with Crippen molar-refractivity contribution in [1.29, 1.82) is 0 Å². The average Bonchev–Trinajstić information content (AvgIpc) is 3.31. The van der Waals surface area contributed by atoms with Crippen LogP contribution in [0.1, 0.15) is 15.2 Å². The highest BCUT2D eigenvalue weighted by atomic mass is 32.2. The summed E-state index contributed by atoms with van der Waals surface area (Å²) >= 11 is 1.04. The van der Waals surface area contributed by atoms with Gasteiger partial charge in [-0.1, -0.05) is 24.3 Å². The van der Waals surface area contributed by atoms with E-state index in [0.29, 0.717) is 6.42 Å². The van der Waals surface area contributed by atoms with E-state index in [-0.39, 0.29) is 16.3 Å². The van der Waals surface area contributed by atoms with Crippen molar-refractivity contribution in [2.45, 2.75) is 11.3 Å². The zero-order valence-electron chi connectivity index (χ0n) is 14.9. The Kier molecular flexibility index (Phi) is 5.73. The highest BCUT2D eigenvalue weighted by Crippen LogP contribution is 2.23. The third-order valence-electron chi connectivity index (χ3n) is 3.99. The van der Waals surface area contributed by atoms with Gasteiger partial charge in [0.15, 0.2) is 0 Å². The zero-order chi connectivity index (χ0) is 19.4. The van der Waals surface area contributed by atoms with E-state index in [0.717, 1.165) is 28.0 Å². The van der Waals surface area contributed by atoms with E-state index in [4.69, 9.17) is 0 Å². The number of benzene rings is 1. The van der Waals surface area contributed by atoms with Crippen molar-refractivity contribution >= 4 is 27.3 Å². The first-order chi connectivity index (χ1) is 12.9. The predicted molar refractivity (Wildman–Crippen MR) is 103 cm³/mol. The number of thiophene rings is 1. The van der Waals surface area contributed by atoms with Gasteiger partial charge in [-0.25, -0.2) is 17.9 Å². The number of ether oxygens (including phenoxy) is 1. The Morgan fingerprint density at radius 2 is 1.96 bits per heavy atom. The van der Waals surface area contributed by atoms with E-state index in [9.17, 15) is 13.2 Å². The fourth-order valence-corrected chi connectivity index (χ4v) is 4.96. The Morgan fingerprint density at radius 1 is 1.22 bits per heavy atom. The molecule has 0 spiro atoms. The molecule has 0 radical (unpaired) electrons. The third-order valence-corrected chi connectivity index (χ3v) is 6.51. The molecule has 0 saturated carbocycles. The number of hydrogen-bond acceptors (Lipinski definition) is 6. The maximum atomic E-state index is 12.4. The first-order valence-corrected chi connectivity index (χ1v) is 10.5. The standard InChI is InChI=1S/C18H19N3O4S2/c1-21-12-15(11-19-21)14-5-3-13(4-6-14)7-9-20-27(23,24)16-8-10-26-17(16)18(22)25-2/h3-6,8,10-12,20H,7,9H2,1-2H3. The molecule has 0 saturated heterocycles. The number of carbonyl (C=O) groups is 1. The number of nitrogens with zero attached hydrogens (tertiary/aromatic N) is 2. The van der Waals surface area contributed by atoms with E-state index >= 15 is 0 Å². The molecule has 0 fully saturated rings. The lowest BCUT2D eigenvalue weighted by Gasteiger charge is -2.07. The highest BCUT2D eigenvalue weighted by Gasteiger charge is 2.24. The number of methoxy groups -OCH3 is 1. The fourth-order valence-electron chi connectivity index (χ4n) is 2.59. The molecule has 0 aliphatic heterocycles. The van der Waals surface area contributed by atoms with Crippen molar-refractivity contribution in [3.63, 3.8) is 0 Å². The lowest BCUT2D eigenvalue weighted by molar-refractivity contribution is 0.0602. The van der Waals surface area contributed by atoms with Gasteiger partial charge in [-0.15, -0.1) is 11.3 Å². The van der Waals surface area contributed by atoms with Crippen LogP contribution in [-0.2, 0) is 28.2 Å². The van der Waals surface area contributed by atoms with Gasteiger partial charge in [0.25, 0.3) is 0 Å². The van der Waals surface area contributed by atoms with E-state index < -0.39 is 16.0 Å². The molecule has 2 aromatic heterocycles. The molecule has 3 aromatic rings. The van der Waals surface area contributed by atoms with Crippen LogP contribution in [0.3, 0.4) is 0 Å². The SMILES string of the molecule is COC(=O)c1sccc1S(=O)(=O)NCCc1ccc(-c2cnn(C)c2)cc1. The van der Waals surface area contributed by atoms with Crippen LogP contribution in [0.2, 0.25) is 0 Å². The summed E-state index contributed by atoms with van der Waals surface area (Å²) in [7, 11) is -0.685. The monoisotopic (exact) mass is 405 g/mol. The van der Waals surface area contributed by atoms with Crippen LogP contribution in [0.15, 0.2) is 53.0 Å². The van der Waals surface area contributed by atoms with Gasteiger partial charge in [0, 0.05) is 25.4 Å². The van der Waals surface area contributed by atoms with Crippen LogP contribution in [-0.4, -0.2) is 37.8 Å². The minimum atomic E-state index is -3.77. The number of nitrogens with one attached hydrogen (secondary N) is 1. The summed E-state index contributed by atoms with van der Waals surface area (Å²) in [4.78, 5) is 11.7. The number of sulfonamides is 1. The Morgan fingerprint density at radius 3 is 2.59 bits per heavy atom. The number of rotatable bonds is 7. The molecule has 0 aliphatic carbocycles. The number of esters is 1. The van der Waals surface area contributed by atoms with Gasteiger partial charge in [0.05, 0.1) is 13.3 Å². The molecular formula is C18H19N3O4S2. The smallest absolute Gasteiger partial charge is 0.349 e. The van der Waals surface area contributed by atoms with Crippen molar-refractivity contribution in [3.05, 3.63) is 58.5 Å². The number of hydrogen-bond donors (Lipinski definition) is 1. The van der Waals surface area contributed by atoms with Crippen LogP contribution in [0, 0.1) is 0 Å². The highest BCUT2D eigenvalue weighted by molar-refractivity contribution is 7.89. The summed E-state index contributed by atoms with van der Waals surface area (Å²) in [5, 5.41) is 5.70. The second kappa shape index (κ2) is 8.03. The van der Waals surface area contributed by atoms with Gasteiger partial charge >= 0.3 is 5.97 Å². The minimum Gasteiger partial charge on any atom is -0.465 e. The van der Waals surface area contributed by atoms with Gasteiger partial charge in [-0.2, -0.15) is 5.10 Å². The maximum absolute atomic E-state index is 12.4. The van der Waals surface area contributed by atoms with Crippen LogP contribution < -0.4 is 4.72 Å². The molecule has 0 atom stereocenters. The molecule has 0 bridgehead atoms. The lowest BCUT2D eigenvalue weighted by atomic mass is 10.1. The van der Waals surface area contributed by atoms with Crippen LogP contribution in [0.25, 0.3) is 11.1 Å². The number of carbonyl (C=O) groups excluding carboxylic acids is 1. The summed E-state index contributed by atoms with van der Waals surface area (Å²) in [6, 6.07) is 9.29. The van der Waals surface area contributed by atoms with Crippen molar-refractivity contribution in [2.75, 3.05) is 13.7 Å². The van der Waals surface area contributed by atoms with Gasteiger partial charge in [-0.3, -0.25) is 4.68 Å². The third kappa shape index (κ3) is 4.44. The molecule has 0 unspecified atom stereocenters. The first kappa shape index (κ1) is 19.3. The van der Waals surface area contributed by atoms with Crippen molar-refractivity contribution in [3.8, 4) is 11.1 Å². The largest absolute Gasteiger partial charge is 0.465 e. The first-order valence-electron chi connectivity index (χ1n) is 8.14. The molecule has 27 heavy (non-hydrogen) atoms.